The zero-order chi connectivity index (χ0) is 51.2. The van der Waals surface area contributed by atoms with Gasteiger partial charge in [-0.3, -0.25) is 14.4 Å². The Balaban J connectivity index is 0.701. The van der Waals surface area contributed by atoms with Crippen LogP contribution in [-0.2, 0) is 14.3 Å². The third-order valence-corrected chi connectivity index (χ3v) is 15.1. The van der Waals surface area contributed by atoms with E-state index in [2.05, 4.69) is 74.5 Å². The van der Waals surface area contributed by atoms with Gasteiger partial charge in [-0.2, -0.15) is 10.2 Å². The standard InChI is InChI=1S/C53H68ClN11O7/c1-8-41-47(68)63(6)42-32-57-50(61-44(42)65(41)36-13-9-10-14-36)60-40-18-16-33(27-43(40)69-7)45(66)56-21-26-70-24-11-12-25-71-37-19-22-64(23-20-37)51-58-30-35(31-59-51)46(67)62-48-52(2,3)49(53(48,4)5)72-38-17-15-34(29-55)39(54)28-38/h15-18,27-28,30-32,36-37,41,48-49H,8-14,19-26H2,1-7H3,(H,56,66)(H,62,67)(H,57,60,61)/t41-,48?,49?/m1/s1. The van der Waals surface area contributed by atoms with Crippen LogP contribution in [0.3, 0.4) is 0 Å². The number of rotatable bonds is 20. The van der Waals surface area contributed by atoms with Crippen molar-refractivity contribution in [2.45, 2.75) is 123 Å². The Hall–Kier alpha value is -6.29. The highest BCUT2D eigenvalue weighted by Crippen LogP contribution is 2.55. The number of nitriles is 1. The van der Waals surface area contributed by atoms with Crippen LogP contribution in [0.5, 0.6) is 11.5 Å². The van der Waals surface area contributed by atoms with E-state index in [1.54, 1.807) is 74.0 Å². The van der Waals surface area contributed by atoms with Gasteiger partial charge in [0.05, 0.1) is 47.9 Å². The molecule has 2 aromatic heterocycles. The van der Waals surface area contributed by atoms with Gasteiger partial charge >= 0.3 is 0 Å². The highest BCUT2D eigenvalue weighted by atomic mass is 35.5. The maximum Gasteiger partial charge on any atom is 0.254 e. The second-order valence-corrected chi connectivity index (χ2v) is 20.7. The fourth-order valence-corrected chi connectivity index (χ4v) is 11.3. The molecule has 4 heterocycles. The number of hydrogen-bond donors (Lipinski definition) is 3. The number of amides is 3. The zero-order valence-electron chi connectivity index (χ0n) is 42.5. The Morgan fingerprint density at radius 3 is 2.31 bits per heavy atom. The molecule has 19 heteroatoms. The Morgan fingerprint density at radius 2 is 1.62 bits per heavy atom. The number of halogens is 1. The predicted octanol–water partition coefficient (Wildman–Crippen LogP) is 7.87. The van der Waals surface area contributed by atoms with Gasteiger partial charge < -0.3 is 49.6 Å². The smallest absolute Gasteiger partial charge is 0.254 e. The van der Waals surface area contributed by atoms with Crippen LogP contribution >= 0.6 is 11.6 Å². The fourth-order valence-electron chi connectivity index (χ4n) is 11.1. The molecule has 1 atom stereocenters. The molecule has 0 bridgehead atoms. The summed E-state index contributed by atoms with van der Waals surface area (Å²) in [7, 11) is 3.33. The van der Waals surface area contributed by atoms with Gasteiger partial charge in [-0.25, -0.2) is 15.0 Å². The summed E-state index contributed by atoms with van der Waals surface area (Å²) < 4.78 is 24.0. The molecule has 18 nitrogen and oxygen atoms in total. The van der Waals surface area contributed by atoms with Crippen molar-refractivity contribution < 1.29 is 33.3 Å². The minimum absolute atomic E-state index is 0.0635. The van der Waals surface area contributed by atoms with E-state index in [0.717, 1.165) is 70.3 Å². The topological polar surface area (TPSA) is 209 Å². The number of benzene rings is 2. The second-order valence-electron chi connectivity index (χ2n) is 20.3. The van der Waals surface area contributed by atoms with Crippen LogP contribution in [-0.4, -0.2) is 122 Å². The number of fused-ring (bicyclic) bond motifs is 1. The van der Waals surface area contributed by atoms with E-state index in [0.29, 0.717) is 89.3 Å². The van der Waals surface area contributed by atoms with Crippen molar-refractivity contribution in [3.05, 3.63) is 76.7 Å². The van der Waals surface area contributed by atoms with Crippen molar-refractivity contribution in [3.8, 4) is 17.6 Å². The van der Waals surface area contributed by atoms with Gasteiger partial charge in [0.15, 0.2) is 5.82 Å². The van der Waals surface area contributed by atoms with Crippen LogP contribution in [0.4, 0.5) is 29.1 Å². The average molecular weight is 1010 g/mol. The first kappa shape index (κ1) is 52.0. The summed E-state index contributed by atoms with van der Waals surface area (Å²) in [5.74, 6) is 2.35. The lowest BCUT2D eigenvalue weighted by atomic mass is 9.49. The Labute approximate surface area is 427 Å². The Kier molecular flexibility index (Phi) is 16.4. The van der Waals surface area contributed by atoms with E-state index in [1.165, 1.54) is 0 Å². The number of carbonyl (C=O) groups is 3. The number of aromatic nitrogens is 4. The van der Waals surface area contributed by atoms with Crippen LogP contribution in [0.2, 0.25) is 5.02 Å². The molecule has 0 radical (unpaired) electrons. The van der Waals surface area contributed by atoms with Crippen LogP contribution in [0, 0.1) is 22.2 Å². The summed E-state index contributed by atoms with van der Waals surface area (Å²) in [6, 6.07) is 12.1. The molecule has 2 saturated carbocycles. The number of nitrogens with zero attached hydrogens (tertiary/aromatic N) is 8. The SMILES string of the molecule is CC[C@@H]1C(=O)N(C)c2cnc(Nc3ccc(C(=O)NCCOCCCCOC4CCN(c5ncc(C(=O)NC6C(C)(C)C(Oc7ccc(C#N)c(Cl)c7)C6(C)C)cn5)CC4)cc3OC)nc2N1C1CCCC1. The average Bonchev–Trinajstić information content (AvgIpc) is 3.92. The van der Waals surface area contributed by atoms with E-state index >= 15 is 0 Å². The van der Waals surface area contributed by atoms with Crippen molar-refractivity contribution >= 4 is 58.4 Å². The highest BCUT2D eigenvalue weighted by Gasteiger charge is 2.64. The molecule has 3 fully saturated rings. The lowest BCUT2D eigenvalue weighted by molar-refractivity contribution is -0.164. The quantitative estimate of drug-likeness (QED) is 0.0720. The molecule has 1 saturated heterocycles. The molecule has 0 unspecified atom stereocenters. The van der Waals surface area contributed by atoms with Crippen molar-refractivity contribution in [1.29, 1.82) is 5.26 Å². The van der Waals surface area contributed by atoms with E-state index in [9.17, 15) is 19.6 Å². The molecule has 0 spiro atoms. The maximum absolute atomic E-state index is 13.4. The minimum Gasteiger partial charge on any atom is -0.495 e. The summed E-state index contributed by atoms with van der Waals surface area (Å²) in [4.78, 5) is 64.3. The normalized spacial score (nSPS) is 20.6. The Bertz CT molecular complexity index is 2600. The van der Waals surface area contributed by atoms with Gasteiger partial charge in [-0.05, 0) is 75.3 Å². The molecule has 2 aliphatic carbocycles. The summed E-state index contributed by atoms with van der Waals surface area (Å²) in [6.45, 7) is 13.7. The van der Waals surface area contributed by atoms with Gasteiger partial charge in [0.25, 0.3) is 11.8 Å². The number of nitrogens with one attached hydrogen (secondary N) is 3. The molecule has 72 heavy (non-hydrogen) atoms. The first-order chi connectivity index (χ1) is 34.6. The second kappa shape index (κ2) is 22.6. The first-order valence-corrected chi connectivity index (χ1v) is 25.6. The van der Waals surface area contributed by atoms with E-state index < -0.39 is 10.8 Å². The lowest BCUT2D eigenvalue weighted by Gasteiger charge is -2.63. The monoisotopic (exact) mass is 1010 g/mol. The first-order valence-electron chi connectivity index (χ1n) is 25.2. The van der Waals surface area contributed by atoms with Crippen LogP contribution in [0.15, 0.2) is 55.0 Å². The molecule has 3 amide bonds. The third-order valence-electron chi connectivity index (χ3n) is 14.7. The molecule has 2 aromatic carbocycles. The van der Waals surface area contributed by atoms with Crippen molar-refractivity contribution in [2.75, 3.05) is 73.6 Å². The number of methoxy groups -OCH3 is 1. The molecule has 8 rings (SSSR count). The summed E-state index contributed by atoms with van der Waals surface area (Å²) >= 11 is 6.25. The maximum atomic E-state index is 13.4. The van der Waals surface area contributed by atoms with Crippen LogP contribution in [0.1, 0.15) is 119 Å². The van der Waals surface area contributed by atoms with Crippen LogP contribution < -0.4 is 40.1 Å². The van der Waals surface area contributed by atoms with Gasteiger partial charge in [0, 0.05) is 86.8 Å². The molecule has 4 aromatic rings. The zero-order valence-corrected chi connectivity index (χ0v) is 43.3. The number of likely N-dealkylation sites (N-methyl/N-ethyl adjacent to an activating group) is 1. The van der Waals surface area contributed by atoms with Gasteiger partial charge in [0.2, 0.25) is 17.8 Å². The molecule has 3 N–H and O–H groups in total. The van der Waals surface area contributed by atoms with Gasteiger partial charge in [-0.15, -0.1) is 0 Å². The number of ether oxygens (including phenoxy) is 4. The lowest BCUT2D eigenvalue weighted by Crippen LogP contribution is -2.74. The van der Waals surface area contributed by atoms with Gasteiger partial charge in [0.1, 0.15) is 35.4 Å². The molecular formula is C53H68ClN11O7. The molecule has 2 aliphatic heterocycles. The van der Waals surface area contributed by atoms with E-state index in [4.69, 9.17) is 35.5 Å². The number of carbonyl (C=O) groups excluding carboxylic acids is 3. The molecule has 4 aliphatic rings. The molecule has 384 valence electrons. The van der Waals surface area contributed by atoms with Crippen molar-refractivity contribution in [2.24, 2.45) is 10.8 Å². The minimum atomic E-state index is -0.392. The van der Waals surface area contributed by atoms with E-state index in [-0.39, 0.29) is 48.1 Å². The van der Waals surface area contributed by atoms with Gasteiger partial charge in [-0.1, -0.05) is 59.1 Å². The number of unbranched alkanes of at least 4 members (excludes halogenated alkanes) is 1. The van der Waals surface area contributed by atoms with Crippen LogP contribution in [0.25, 0.3) is 0 Å². The summed E-state index contributed by atoms with van der Waals surface area (Å²) in [5.41, 5.74) is 1.75. The number of anilines is 5. The Morgan fingerprint density at radius 1 is 0.903 bits per heavy atom. The van der Waals surface area contributed by atoms with Crippen molar-refractivity contribution in [3.63, 3.8) is 0 Å². The fraction of sp³-hybridized carbons (Fsp3) is 0.547. The highest BCUT2D eigenvalue weighted by molar-refractivity contribution is 6.31. The van der Waals surface area contributed by atoms with Crippen molar-refractivity contribution in [1.82, 2.24) is 30.6 Å². The number of piperidine rings is 1. The third kappa shape index (κ3) is 11.2. The summed E-state index contributed by atoms with van der Waals surface area (Å²) in [6.07, 6.45) is 13.2. The van der Waals surface area contributed by atoms with E-state index in [1.807, 2.05) is 6.92 Å². The largest absolute Gasteiger partial charge is 0.495 e. The predicted molar refractivity (Wildman–Crippen MR) is 276 cm³/mol. The molecular weight excluding hydrogens is 938 g/mol. The summed E-state index contributed by atoms with van der Waals surface area (Å²) in [5, 5.41) is 19.0. The number of hydrogen-bond acceptors (Lipinski definition) is 15.